The van der Waals surface area contributed by atoms with Crippen LogP contribution >= 0.6 is 11.3 Å². The van der Waals surface area contributed by atoms with Crippen molar-refractivity contribution in [1.29, 1.82) is 0 Å². The Balaban J connectivity index is 1.55. The Bertz CT molecular complexity index is 945. The molecular formula is C19H22N2O5S2. The lowest BCUT2D eigenvalue weighted by Gasteiger charge is -2.25. The van der Waals surface area contributed by atoms with E-state index in [1.165, 1.54) is 39.9 Å². The Morgan fingerprint density at radius 3 is 2.36 bits per heavy atom. The van der Waals surface area contributed by atoms with Crippen LogP contribution in [0.2, 0.25) is 0 Å². The molecule has 1 aliphatic rings. The lowest BCUT2D eigenvalue weighted by atomic mass is 10.2. The maximum absolute atomic E-state index is 12.6. The monoisotopic (exact) mass is 422 g/mol. The van der Waals surface area contributed by atoms with Crippen LogP contribution in [0.1, 0.15) is 33.8 Å². The molecule has 0 radical (unpaired) electrons. The molecule has 1 amide bonds. The van der Waals surface area contributed by atoms with Crippen molar-refractivity contribution < 1.29 is 22.7 Å². The van der Waals surface area contributed by atoms with E-state index in [1.54, 1.807) is 12.1 Å². The van der Waals surface area contributed by atoms with Crippen LogP contribution in [0.3, 0.4) is 0 Å². The molecule has 2 aromatic rings. The summed E-state index contributed by atoms with van der Waals surface area (Å²) in [5, 5.41) is 2.59. The van der Waals surface area contributed by atoms with Crippen molar-refractivity contribution in [2.75, 3.05) is 25.0 Å². The number of nitrogens with one attached hydrogen (secondary N) is 1. The summed E-state index contributed by atoms with van der Waals surface area (Å²) in [6, 6.07) is 9.46. The van der Waals surface area contributed by atoms with E-state index in [1.807, 2.05) is 6.92 Å². The van der Waals surface area contributed by atoms with Crippen LogP contribution in [0.15, 0.2) is 41.3 Å². The van der Waals surface area contributed by atoms with Crippen LogP contribution in [-0.4, -0.2) is 44.3 Å². The summed E-state index contributed by atoms with van der Waals surface area (Å²) >= 11 is 1.30. The number of rotatable bonds is 6. The highest BCUT2D eigenvalue weighted by molar-refractivity contribution is 7.89. The van der Waals surface area contributed by atoms with Gasteiger partial charge < -0.3 is 10.1 Å². The molecule has 150 valence electrons. The maximum Gasteiger partial charge on any atom is 0.348 e. The standard InChI is InChI=1S/C19H22N2O5S2/c1-14-5-10-17(27-14)19(23)26-13-18(22)20-15-6-8-16(9-7-15)28(24,25)21-11-3-2-4-12-21/h5-10H,2-4,11-13H2,1H3,(H,20,22). The number of carbonyl (C=O) groups is 2. The van der Waals surface area contributed by atoms with Crippen molar-refractivity contribution in [1.82, 2.24) is 4.31 Å². The maximum atomic E-state index is 12.6. The first-order chi connectivity index (χ1) is 13.4. The number of piperidine rings is 1. The molecule has 7 nitrogen and oxygen atoms in total. The number of amides is 1. The van der Waals surface area contributed by atoms with Crippen molar-refractivity contribution in [3.63, 3.8) is 0 Å². The molecule has 1 aliphatic heterocycles. The number of anilines is 1. The molecular weight excluding hydrogens is 400 g/mol. The summed E-state index contributed by atoms with van der Waals surface area (Å²) in [5.41, 5.74) is 0.436. The minimum atomic E-state index is -3.50. The zero-order valence-electron chi connectivity index (χ0n) is 15.5. The molecule has 1 fully saturated rings. The van der Waals surface area contributed by atoms with Crippen molar-refractivity contribution in [3.05, 3.63) is 46.2 Å². The van der Waals surface area contributed by atoms with Gasteiger partial charge >= 0.3 is 5.97 Å². The van der Waals surface area contributed by atoms with Gasteiger partial charge in [-0.1, -0.05) is 6.42 Å². The zero-order valence-corrected chi connectivity index (χ0v) is 17.1. The number of nitrogens with zero attached hydrogens (tertiary/aromatic N) is 1. The number of benzene rings is 1. The van der Waals surface area contributed by atoms with E-state index in [-0.39, 0.29) is 4.90 Å². The molecule has 3 rings (SSSR count). The minimum Gasteiger partial charge on any atom is -0.451 e. The SMILES string of the molecule is Cc1ccc(C(=O)OCC(=O)Nc2ccc(S(=O)(=O)N3CCCCC3)cc2)s1. The van der Waals surface area contributed by atoms with Crippen molar-refractivity contribution in [2.45, 2.75) is 31.1 Å². The third kappa shape index (κ3) is 4.98. The van der Waals surface area contributed by atoms with Crippen molar-refractivity contribution in [3.8, 4) is 0 Å². The van der Waals surface area contributed by atoms with Gasteiger partial charge in [-0.05, 0) is 56.2 Å². The topological polar surface area (TPSA) is 92.8 Å². The quantitative estimate of drug-likeness (QED) is 0.723. The fourth-order valence-electron chi connectivity index (χ4n) is 2.91. The first-order valence-electron chi connectivity index (χ1n) is 9.00. The Morgan fingerprint density at radius 2 is 1.75 bits per heavy atom. The Morgan fingerprint density at radius 1 is 1.07 bits per heavy atom. The van der Waals surface area contributed by atoms with E-state index >= 15 is 0 Å². The summed E-state index contributed by atoms with van der Waals surface area (Å²) < 4.78 is 31.7. The molecule has 9 heteroatoms. The number of aryl methyl sites for hydroxylation is 1. The van der Waals surface area contributed by atoms with E-state index in [0.29, 0.717) is 23.7 Å². The van der Waals surface area contributed by atoms with Crippen LogP contribution in [0.4, 0.5) is 5.69 Å². The number of thiophene rings is 1. The molecule has 0 bridgehead atoms. The van der Waals surface area contributed by atoms with Gasteiger partial charge in [0, 0.05) is 23.7 Å². The van der Waals surface area contributed by atoms with Crippen LogP contribution in [0.5, 0.6) is 0 Å². The summed E-state index contributed by atoms with van der Waals surface area (Å²) in [5.74, 6) is -1.04. The molecule has 0 spiro atoms. The Hall–Kier alpha value is -2.23. The smallest absolute Gasteiger partial charge is 0.348 e. The van der Waals surface area contributed by atoms with Gasteiger partial charge in [-0.25, -0.2) is 13.2 Å². The lowest BCUT2D eigenvalue weighted by molar-refractivity contribution is -0.119. The molecule has 1 aromatic heterocycles. The number of esters is 1. The summed E-state index contributed by atoms with van der Waals surface area (Å²) in [7, 11) is -3.50. The zero-order chi connectivity index (χ0) is 20.1. The average Bonchev–Trinajstić information content (AvgIpc) is 3.14. The number of hydrogen-bond donors (Lipinski definition) is 1. The van der Waals surface area contributed by atoms with Gasteiger partial charge in [-0.2, -0.15) is 4.31 Å². The number of hydrogen-bond acceptors (Lipinski definition) is 6. The van der Waals surface area contributed by atoms with E-state index in [9.17, 15) is 18.0 Å². The number of carbonyl (C=O) groups excluding carboxylic acids is 2. The second kappa shape index (κ2) is 8.85. The highest BCUT2D eigenvalue weighted by atomic mass is 32.2. The summed E-state index contributed by atoms with van der Waals surface area (Å²) in [6.07, 6.45) is 2.79. The van der Waals surface area contributed by atoms with Gasteiger partial charge in [0.1, 0.15) is 4.88 Å². The van der Waals surface area contributed by atoms with Gasteiger partial charge in [0.2, 0.25) is 10.0 Å². The van der Waals surface area contributed by atoms with E-state index in [2.05, 4.69) is 5.32 Å². The normalized spacial score (nSPS) is 15.2. The number of sulfonamides is 1. The number of ether oxygens (including phenoxy) is 1. The van der Waals surface area contributed by atoms with Gasteiger partial charge in [0.05, 0.1) is 4.90 Å². The Labute approximate surface area is 168 Å². The third-order valence-corrected chi connectivity index (χ3v) is 7.26. The summed E-state index contributed by atoms with van der Waals surface area (Å²) in [6.45, 7) is 2.54. The van der Waals surface area contributed by atoms with E-state index in [4.69, 9.17) is 4.74 Å². The molecule has 1 saturated heterocycles. The Kier molecular flexibility index (Phi) is 6.48. The molecule has 0 unspecified atom stereocenters. The first-order valence-corrected chi connectivity index (χ1v) is 11.3. The molecule has 1 aromatic carbocycles. The van der Waals surface area contributed by atoms with Crippen LogP contribution < -0.4 is 5.32 Å². The van der Waals surface area contributed by atoms with Crippen LogP contribution in [-0.2, 0) is 19.6 Å². The van der Waals surface area contributed by atoms with Gasteiger partial charge in [-0.3, -0.25) is 4.79 Å². The third-order valence-electron chi connectivity index (χ3n) is 4.37. The molecule has 0 aliphatic carbocycles. The molecule has 28 heavy (non-hydrogen) atoms. The molecule has 0 saturated carbocycles. The predicted molar refractivity (Wildman–Crippen MR) is 107 cm³/mol. The van der Waals surface area contributed by atoms with Crippen molar-refractivity contribution >= 4 is 38.9 Å². The fourth-order valence-corrected chi connectivity index (χ4v) is 5.19. The highest BCUT2D eigenvalue weighted by Crippen LogP contribution is 2.22. The van der Waals surface area contributed by atoms with Gasteiger partial charge in [-0.15, -0.1) is 11.3 Å². The second-order valence-corrected chi connectivity index (χ2v) is 9.75. The minimum absolute atomic E-state index is 0.201. The second-order valence-electron chi connectivity index (χ2n) is 6.52. The summed E-state index contributed by atoms with van der Waals surface area (Å²) in [4.78, 5) is 25.5. The largest absolute Gasteiger partial charge is 0.451 e. The predicted octanol–water partition coefficient (Wildman–Crippen LogP) is 3.03. The lowest BCUT2D eigenvalue weighted by Crippen LogP contribution is -2.35. The van der Waals surface area contributed by atoms with Gasteiger partial charge in [0.25, 0.3) is 5.91 Å². The highest BCUT2D eigenvalue weighted by Gasteiger charge is 2.25. The van der Waals surface area contributed by atoms with Crippen LogP contribution in [0.25, 0.3) is 0 Å². The van der Waals surface area contributed by atoms with E-state index < -0.39 is 28.5 Å². The van der Waals surface area contributed by atoms with Crippen LogP contribution in [0, 0.1) is 6.92 Å². The molecule has 1 N–H and O–H groups in total. The van der Waals surface area contributed by atoms with E-state index in [0.717, 1.165) is 24.1 Å². The molecule has 2 heterocycles. The average molecular weight is 423 g/mol. The fraction of sp³-hybridized carbons (Fsp3) is 0.368. The molecule has 0 atom stereocenters. The van der Waals surface area contributed by atoms with Crippen molar-refractivity contribution in [2.24, 2.45) is 0 Å². The van der Waals surface area contributed by atoms with Gasteiger partial charge in [0.15, 0.2) is 6.61 Å². The first kappa shape index (κ1) is 20.5.